The van der Waals surface area contributed by atoms with Crippen LogP contribution in [0.25, 0.3) is 0 Å². The van der Waals surface area contributed by atoms with Gasteiger partial charge in [-0.15, -0.1) is 11.3 Å². The van der Waals surface area contributed by atoms with E-state index in [1.165, 1.54) is 43.9 Å². The highest BCUT2D eigenvalue weighted by Gasteiger charge is 2.28. The molecule has 1 aromatic rings. The lowest BCUT2D eigenvalue weighted by atomic mass is 9.80. The van der Waals surface area contributed by atoms with Gasteiger partial charge in [0.2, 0.25) is 0 Å². The molecule has 5 heteroatoms. The standard InChI is InChI=1S/C15H21NO3S/c1-3-4-10-5-7-11(8-6-10)14-16-12(15(18)19)13(20-14)9(2)17/h10-11H,3-8H2,1-2H3,(H,18,19). The first-order chi connectivity index (χ1) is 9.52. The second-order valence-corrected chi connectivity index (χ2v) is 6.63. The summed E-state index contributed by atoms with van der Waals surface area (Å²) in [5, 5.41) is 9.97. The maximum absolute atomic E-state index is 11.5. The third-order valence-electron chi connectivity index (χ3n) is 4.06. The molecule has 1 aliphatic carbocycles. The van der Waals surface area contributed by atoms with Gasteiger partial charge in [-0.1, -0.05) is 19.8 Å². The van der Waals surface area contributed by atoms with Gasteiger partial charge >= 0.3 is 5.97 Å². The molecule has 1 fully saturated rings. The molecule has 0 unspecified atom stereocenters. The smallest absolute Gasteiger partial charge is 0.356 e. The van der Waals surface area contributed by atoms with E-state index in [9.17, 15) is 9.59 Å². The van der Waals surface area contributed by atoms with Crippen LogP contribution in [0.3, 0.4) is 0 Å². The molecule has 1 saturated carbocycles. The molecule has 0 amide bonds. The molecule has 110 valence electrons. The van der Waals surface area contributed by atoms with Crippen molar-refractivity contribution in [2.24, 2.45) is 5.92 Å². The van der Waals surface area contributed by atoms with Crippen LogP contribution in [-0.4, -0.2) is 21.8 Å². The Morgan fingerprint density at radius 1 is 1.30 bits per heavy atom. The Bertz CT molecular complexity index is 470. The fourth-order valence-corrected chi connectivity index (χ4v) is 4.12. The quantitative estimate of drug-likeness (QED) is 0.830. The molecule has 4 nitrogen and oxygen atoms in total. The van der Waals surface area contributed by atoms with Crippen molar-refractivity contribution in [2.45, 2.75) is 58.3 Å². The van der Waals surface area contributed by atoms with E-state index in [-0.39, 0.29) is 11.5 Å². The number of aromatic carboxylic acids is 1. The van der Waals surface area contributed by atoms with Crippen LogP contribution in [0.1, 0.15) is 83.5 Å². The highest BCUT2D eigenvalue weighted by Crippen LogP contribution is 2.39. The van der Waals surface area contributed by atoms with Gasteiger partial charge in [0.1, 0.15) is 4.88 Å². The van der Waals surface area contributed by atoms with Crippen LogP contribution in [0.15, 0.2) is 0 Å². The van der Waals surface area contributed by atoms with Crippen molar-refractivity contribution in [3.63, 3.8) is 0 Å². The zero-order valence-electron chi connectivity index (χ0n) is 12.0. The topological polar surface area (TPSA) is 67.3 Å². The van der Waals surface area contributed by atoms with Crippen LogP contribution in [0.2, 0.25) is 0 Å². The molecule has 0 spiro atoms. The number of carboxylic acids is 1. The van der Waals surface area contributed by atoms with Crippen LogP contribution in [0, 0.1) is 5.92 Å². The lowest BCUT2D eigenvalue weighted by molar-refractivity contribution is 0.0686. The summed E-state index contributed by atoms with van der Waals surface area (Å²) in [5.41, 5.74) is -0.0619. The summed E-state index contributed by atoms with van der Waals surface area (Å²) >= 11 is 1.28. The monoisotopic (exact) mass is 295 g/mol. The first kappa shape index (κ1) is 15.2. The van der Waals surface area contributed by atoms with E-state index in [1.807, 2.05) is 0 Å². The number of hydrogen-bond donors (Lipinski definition) is 1. The van der Waals surface area contributed by atoms with Crippen LogP contribution in [-0.2, 0) is 0 Å². The minimum Gasteiger partial charge on any atom is -0.476 e. The molecule has 1 N–H and O–H groups in total. The maximum atomic E-state index is 11.5. The van der Waals surface area contributed by atoms with E-state index >= 15 is 0 Å². The molecule has 0 aliphatic heterocycles. The summed E-state index contributed by atoms with van der Waals surface area (Å²) in [6.45, 7) is 3.62. The molecule has 0 radical (unpaired) electrons. The van der Waals surface area contributed by atoms with E-state index in [1.54, 1.807) is 0 Å². The summed E-state index contributed by atoms with van der Waals surface area (Å²) in [5.74, 6) is -0.162. The summed E-state index contributed by atoms with van der Waals surface area (Å²) in [4.78, 5) is 27.2. The summed E-state index contributed by atoms with van der Waals surface area (Å²) in [7, 11) is 0. The molecule has 0 aromatic carbocycles. The molecular weight excluding hydrogens is 274 g/mol. The van der Waals surface area contributed by atoms with E-state index < -0.39 is 5.97 Å². The number of hydrogen-bond acceptors (Lipinski definition) is 4. The largest absolute Gasteiger partial charge is 0.476 e. The zero-order valence-corrected chi connectivity index (χ0v) is 12.8. The van der Waals surface area contributed by atoms with Crippen LogP contribution >= 0.6 is 11.3 Å². The number of ketones is 1. The van der Waals surface area contributed by atoms with Crippen molar-refractivity contribution in [1.82, 2.24) is 4.98 Å². The van der Waals surface area contributed by atoms with Gasteiger partial charge in [0.15, 0.2) is 11.5 Å². The zero-order chi connectivity index (χ0) is 14.7. The molecule has 1 heterocycles. The number of rotatable bonds is 5. The summed E-state index contributed by atoms with van der Waals surface area (Å²) in [6.07, 6.45) is 7.02. The normalized spacial score (nSPS) is 22.7. The van der Waals surface area contributed by atoms with Crippen molar-refractivity contribution in [3.05, 3.63) is 15.6 Å². The number of Topliss-reactive ketones (excluding diaryl/α,β-unsaturated/α-hetero) is 1. The number of carbonyl (C=O) groups is 2. The number of aromatic nitrogens is 1. The Labute approximate surface area is 123 Å². The van der Waals surface area contributed by atoms with Gasteiger partial charge in [-0.2, -0.15) is 0 Å². The molecule has 0 saturated heterocycles. The van der Waals surface area contributed by atoms with Gasteiger partial charge in [0.25, 0.3) is 0 Å². The Hall–Kier alpha value is -1.23. The lowest BCUT2D eigenvalue weighted by Crippen LogP contribution is -2.13. The molecule has 2 rings (SSSR count). The number of carboxylic acid groups (broad SMARTS) is 1. The molecule has 1 aromatic heterocycles. The Morgan fingerprint density at radius 2 is 1.95 bits per heavy atom. The van der Waals surface area contributed by atoms with Crippen LogP contribution in [0.5, 0.6) is 0 Å². The fraction of sp³-hybridized carbons (Fsp3) is 0.667. The number of nitrogens with zero attached hydrogens (tertiary/aromatic N) is 1. The van der Waals surface area contributed by atoms with Gasteiger partial charge in [-0.25, -0.2) is 9.78 Å². The van der Waals surface area contributed by atoms with E-state index in [0.29, 0.717) is 10.8 Å². The number of carbonyl (C=O) groups excluding carboxylic acids is 1. The highest BCUT2D eigenvalue weighted by molar-refractivity contribution is 7.14. The third-order valence-corrected chi connectivity index (χ3v) is 5.38. The molecule has 20 heavy (non-hydrogen) atoms. The molecule has 0 bridgehead atoms. The maximum Gasteiger partial charge on any atom is 0.356 e. The van der Waals surface area contributed by atoms with Crippen LogP contribution in [0.4, 0.5) is 0 Å². The predicted octanol–water partition coefficient (Wildman–Crippen LogP) is 4.12. The van der Waals surface area contributed by atoms with Crippen molar-refractivity contribution < 1.29 is 14.7 Å². The predicted molar refractivity (Wildman–Crippen MR) is 78.7 cm³/mol. The first-order valence-corrected chi connectivity index (χ1v) is 8.09. The van der Waals surface area contributed by atoms with Gasteiger partial charge in [-0.3, -0.25) is 4.79 Å². The van der Waals surface area contributed by atoms with Crippen molar-refractivity contribution in [3.8, 4) is 0 Å². The van der Waals surface area contributed by atoms with Gasteiger partial charge < -0.3 is 5.11 Å². The second kappa shape index (κ2) is 6.48. The highest BCUT2D eigenvalue weighted by atomic mass is 32.1. The lowest BCUT2D eigenvalue weighted by Gasteiger charge is -2.26. The van der Waals surface area contributed by atoms with E-state index in [4.69, 9.17) is 5.11 Å². The van der Waals surface area contributed by atoms with Crippen LogP contribution < -0.4 is 0 Å². The summed E-state index contributed by atoms with van der Waals surface area (Å²) in [6, 6.07) is 0. The molecular formula is C15H21NO3S. The average Bonchev–Trinajstić information content (AvgIpc) is 2.85. The first-order valence-electron chi connectivity index (χ1n) is 7.27. The Kier molecular flexibility index (Phi) is 4.91. The van der Waals surface area contributed by atoms with E-state index in [0.717, 1.165) is 23.8 Å². The van der Waals surface area contributed by atoms with Gasteiger partial charge in [-0.05, 0) is 31.6 Å². The minimum atomic E-state index is -1.10. The summed E-state index contributed by atoms with van der Waals surface area (Å²) < 4.78 is 0. The van der Waals surface area contributed by atoms with Crippen molar-refractivity contribution >= 4 is 23.1 Å². The second-order valence-electron chi connectivity index (χ2n) is 5.60. The average molecular weight is 295 g/mol. The molecule has 1 aliphatic rings. The van der Waals surface area contributed by atoms with E-state index in [2.05, 4.69) is 11.9 Å². The minimum absolute atomic E-state index is 0.0619. The SMILES string of the molecule is CCCC1CCC(c2nc(C(=O)O)c(C(C)=O)s2)CC1. The Morgan fingerprint density at radius 3 is 2.40 bits per heavy atom. The fourth-order valence-electron chi connectivity index (χ4n) is 3.00. The number of thiazole rings is 1. The van der Waals surface area contributed by atoms with Gasteiger partial charge in [0.05, 0.1) is 5.01 Å². The Balaban J connectivity index is 2.12. The van der Waals surface area contributed by atoms with Crippen molar-refractivity contribution in [2.75, 3.05) is 0 Å². The van der Waals surface area contributed by atoms with Crippen molar-refractivity contribution in [1.29, 1.82) is 0 Å². The molecule has 0 atom stereocenters. The van der Waals surface area contributed by atoms with Gasteiger partial charge in [0, 0.05) is 12.8 Å². The third kappa shape index (κ3) is 3.26.